The number of benzene rings is 4. The predicted molar refractivity (Wildman–Crippen MR) is 153 cm³/mol. The average molecular weight is 523 g/mol. The molecule has 0 N–H and O–H groups in total. The van der Waals surface area contributed by atoms with Gasteiger partial charge in [-0.3, -0.25) is 0 Å². The Morgan fingerprint density at radius 1 is 0.579 bits per heavy atom. The summed E-state index contributed by atoms with van der Waals surface area (Å²) >= 11 is 0. The molecule has 0 amide bonds. The van der Waals surface area contributed by atoms with Gasteiger partial charge in [-0.1, -0.05) is 91.0 Å². The fraction of sp³-hybridized carbons (Fsp3) is 0.188. The van der Waals surface area contributed by atoms with Crippen molar-refractivity contribution in [1.29, 1.82) is 0 Å². The van der Waals surface area contributed by atoms with Crippen molar-refractivity contribution in [3.8, 4) is 0 Å². The number of hydrogen-bond acceptors (Lipinski definition) is 4. The molecule has 0 aromatic heterocycles. The van der Waals surface area contributed by atoms with Crippen molar-refractivity contribution in [3.63, 3.8) is 0 Å². The summed E-state index contributed by atoms with van der Waals surface area (Å²) in [5.41, 5.74) is 1.41. The summed E-state index contributed by atoms with van der Waals surface area (Å²) in [6.45, 7) is 1.05. The summed E-state index contributed by atoms with van der Waals surface area (Å²) in [6.07, 6.45) is 1.50. The van der Waals surface area contributed by atoms with Crippen LogP contribution in [0.1, 0.15) is 24.0 Å². The molecule has 0 aliphatic carbocycles. The van der Waals surface area contributed by atoms with Crippen LogP contribution in [0.5, 0.6) is 0 Å². The summed E-state index contributed by atoms with van der Waals surface area (Å²) in [5.74, 6) is 0.692. The lowest BCUT2D eigenvalue weighted by Gasteiger charge is -2.30. The van der Waals surface area contributed by atoms with Crippen LogP contribution in [-0.2, 0) is 9.47 Å². The maximum atomic E-state index is 14.4. The molecule has 0 saturated carbocycles. The van der Waals surface area contributed by atoms with Gasteiger partial charge >= 0.3 is 0 Å². The van der Waals surface area contributed by atoms with Crippen LogP contribution in [0.25, 0.3) is 0 Å². The molecule has 0 unspecified atom stereocenters. The van der Waals surface area contributed by atoms with E-state index in [9.17, 15) is 4.39 Å². The molecular weight excluding hydrogens is 494 g/mol. The largest absolute Gasteiger partial charge is 0.477 e. The van der Waals surface area contributed by atoms with E-state index in [1.807, 2.05) is 6.07 Å². The van der Waals surface area contributed by atoms with E-state index in [0.29, 0.717) is 30.6 Å². The number of nitrogens with zero attached hydrogens (tertiary/aromatic N) is 2. The van der Waals surface area contributed by atoms with Crippen molar-refractivity contribution in [2.75, 3.05) is 13.2 Å². The molecule has 2 aliphatic rings. The van der Waals surface area contributed by atoms with Gasteiger partial charge in [0.15, 0.2) is 0 Å². The standard InChI is InChI=1S/C32H28FN2O2P/c33-27-17-9-7-15-25(27)31-34-28(19-21-36-31)29-20-22-37-32(35-29)26-16-8-10-18-30(26)38(23-11-3-1-4-12-23)24-13-5-2-6-14-24/h1-18,28-29H,19-22H2/t28-,29-/m0/s1. The Kier molecular flexibility index (Phi) is 7.28. The number of ether oxygens (including phenoxy) is 2. The minimum Gasteiger partial charge on any atom is -0.477 e. The Morgan fingerprint density at radius 3 is 1.63 bits per heavy atom. The third-order valence-corrected chi connectivity index (χ3v) is 9.32. The van der Waals surface area contributed by atoms with Gasteiger partial charge in [0.1, 0.15) is 5.82 Å². The molecule has 6 heteroatoms. The van der Waals surface area contributed by atoms with Gasteiger partial charge in [0, 0.05) is 18.4 Å². The molecular formula is C32H28FN2O2P. The van der Waals surface area contributed by atoms with E-state index < -0.39 is 7.92 Å². The lowest BCUT2D eigenvalue weighted by molar-refractivity contribution is 0.215. The van der Waals surface area contributed by atoms with Crippen LogP contribution in [-0.4, -0.2) is 37.1 Å². The highest BCUT2D eigenvalue weighted by atomic mass is 31.1. The molecule has 6 rings (SSSR count). The Balaban J connectivity index is 1.37. The molecule has 4 nitrogen and oxygen atoms in total. The maximum absolute atomic E-state index is 14.4. The van der Waals surface area contributed by atoms with Crippen molar-refractivity contribution in [3.05, 3.63) is 126 Å². The molecule has 0 saturated heterocycles. The molecule has 0 fully saturated rings. The molecule has 38 heavy (non-hydrogen) atoms. The second-order valence-corrected chi connectivity index (χ2v) is 11.5. The van der Waals surface area contributed by atoms with Crippen LogP contribution in [0.4, 0.5) is 4.39 Å². The van der Waals surface area contributed by atoms with Crippen LogP contribution in [0.3, 0.4) is 0 Å². The molecule has 0 bridgehead atoms. The second-order valence-electron chi connectivity index (χ2n) is 9.28. The van der Waals surface area contributed by atoms with Crippen molar-refractivity contribution in [2.45, 2.75) is 24.9 Å². The number of hydrogen-bond donors (Lipinski definition) is 0. The van der Waals surface area contributed by atoms with Crippen LogP contribution in [0.2, 0.25) is 0 Å². The SMILES string of the molecule is Fc1ccccc1C1=N[C@H]([C@@H]2CCOC(c3ccccc3P(c3ccccc3)c3ccccc3)=N2)CCO1. The van der Waals surface area contributed by atoms with Gasteiger partial charge in [0.25, 0.3) is 0 Å². The lowest BCUT2D eigenvalue weighted by atomic mass is 10.0. The van der Waals surface area contributed by atoms with E-state index in [2.05, 4.69) is 78.9 Å². The minimum atomic E-state index is -0.812. The maximum Gasteiger partial charge on any atom is 0.219 e. The molecule has 190 valence electrons. The number of rotatable bonds is 6. The molecule has 4 aromatic carbocycles. The van der Waals surface area contributed by atoms with Crippen LogP contribution >= 0.6 is 7.92 Å². The van der Waals surface area contributed by atoms with E-state index in [0.717, 1.165) is 18.4 Å². The summed E-state index contributed by atoms with van der Waals surface area (Å²) in [4.78, 5) is 9.92. The smallest absolute Gasteiger partial charge is 0.219 e. The molecule has 2 atom stereocenters. The van der Waals surface area contributed by atoms with Crippen LogP contribution in [0.15, 0.2) is 119 Å². The average Bonchev–Trinajstić information content (AvgIpc) is 2.99. The zero-order chi connectivity index (χ0) is 25.7. The third kappa shape index (κ3) is 5.12. The molecule has 4 aromatic rings. The fourth-order valence-corrected chi connectivity index (χ4v) is 7.42. The van der Waals surface area contributed by atoms with Crippen LogP contribution in [0, 0.1) is 5.82 Å². The monoisotopic (exact) mass is 522 g/mol. The van der Waals surface area contributed by atoms with Crippen LogP contribution < -0.4 is 15.9 Å². The van der Waals surface area contributed by atoms with Gasteiger partial charge in [-0.25, -0.2) is 14.4 Å². The highest BCUT2D eigenvalue weighted by Gasteiger charge is 2.31. The Bertz CT molecular complexity index is 1420. The van der Waals surface area contributed by atoms with Gasteiger partial charge < -0.3 is 9.47 Å². The zero-order valence-corrected chi connectivity index (χ0v) is 21.8. The highest BCUT2D eigenvalue weighted by molar-refractivity contribution is 7.80. The van der Waals surface area contributed by atoms with Gasteiger partial charge in [0.05, 0.1) is 30.9 Å². The normalized spacial score (nSPS) is 19.2. The highest BCUT2D eigenvalue weighted by Crippen LogP contribution is 2.35. The van der Waals surface area contributed by atoms with Crippen molar-refractivity contribution < 1.29 is 13.9 Å². The predicted octanol–water partition coefficient (Wildman–Crippen LogP) is 5.36. The first-order chi connectivity index (χ1) is 18.8. The van der Waals surface area contributed by atoms with Gasteiger partial charge in [-0.15, -0.1) is 0 Å². The summed E-state index contributed by atoms with van der Waals surface area (Å²) in [5, 5.41) is 3.76. The zero-order valence-electron chi connectivity index (χ0n) is 20.9. The van der Waals surface area contributed by atoms with Gasteiger partial charge in [-0.2, -0.15) is 0 Å². The minimum absolute atomic E-state index is 0.0582. The molecule has 2 aliphatic heterocycles. The third-order valence-electron chi connectivity index (χ3n) is 6.82. The Morgan fingerprint density at radius 2 is 1.05 bits per heavy atom. The Labute approximate surface area is 223 Å². The van der Waals surface area contributed by atoms with E-state index in [1.165, 1.54) is 22.0 Å². The molecule has 2 heterocycles. The van der Waals surface area contributed by atoms with E-state index in [1.54, 1.807) is 18.2 Å². The fourth-order valence-electron chi connectivity index (χ4n) is 4.97. The summed E-state index contributed by atoms with van der Waals surface area (Å²) in [7, 11) is -0.812. The lowest BCUT2D eigenvalue weighted by Crippen LogP contribution is -2.36. The second kappa shape index (κ2) is 11.3. The molecule has 0 spiro atoms. The number of aliphatic imine (C=N–C) groups is 2. The quantitative estimate of drug-likeness (QED) is 0.320. The van der Waals surface area contributed by atoms with E-state index >= 15 is 0 Å². The van der Waals surface area contributed by atoms with Gasteiger partial charge in [0.2, 0.25) is 11.8 Å². The van der Waals surface area contributed by atoms with Gasteiger partial charge in [-0.05, 0) is 42.0 Å². The first kappa shape index (κ1) is 24.5. The number of halogens is 1. The van der Waals surface area contributed by atoms with E-state index in [-0.39, 0.29) is 17.9 Å². The first-order valence-corrected chi connectivity index (χ1v) is 14.3. The first-order valence-electron chi connectivity index (χ1n) is 12.9. The summed E-state index contributed by atoms with van der Waals surface area (Å²) < 4.78 is 26.4. The molecule has 0 radical (unpaired) electrons. The topological polar surface area (TPSA) is 43.2 Å². The van der Waals surface area contributed by atoms with Crippen molar-refractivity contribution >= 4 is 35.6 Å². The van der Waals surface area contributed by atoms with E-state index in [4.69, 9.17) is 19.5 Å². The summed E-state index contributed by atoms with van der Waals surface area (Å²) in [6, 6.07) is 36.2. The Hall–Kier alpha value is -3.82. The van der Waals surface area contributed by atoms with Crippen molar-refractivity contribution in [1.82, 2.24) is 0 Å². The van der Waals surface area contributed by atoms with Crippen molar-refractivity contribution in [2.24, 2.45) is 9.98 Å².